The maximum atomic E-state index is 13.3. The number of carbonyl (C=O) groups is 1. The molecule has 0 saturated heterocycles. The summed E-state index contributed by atoms with van der Waals surface area (Å²) < 4.78 is 18.8. The van der Waals surface area contributed by atoms with Gasteiger partial charge in [-0.1, -0.05) is 11.6 Å². The Kier molecular flexibility index (Phi) is 2.91. The van der Waals surface area contributed by atoms with Crippen LogP contribution in [0, 0.1) is 5.82 Å². The molecule has 1 N–H and O–H groups in total. The van der Waals surface area contributed by atoms with Crippen LogP contribution < -0.4 is 0 Å². The second-order valence-corrected chi connectivity index (χ2v) is 4.54. The summed E-state index contributed by atoms with van der Waals surface area (Å²) in [6, 6.07) is 8.59. The van der Waals surface area contributed by atoms with Crippen LogP contribution in [0.1, 0.15) is 10.4 Å². The third kappa shape index (κ3) is 2.12. The highest BCUT2D eigenvalue weighted by atomic mass is 35.5. The van der Waals surface area contributed by atoms with Crippen LogP contribution in [0.3, 0.4) is 0 Å². The molecule has 0 fully saturated rings. The van der Waals surface area contributed by atoms with Crippen molar-refractivity contribution < 1.29 is 18.7 Å². The summed E-state index contributed by atoms with van der Waals surface area (Å²) in [4.78, 5) is 15.0. The second kappa shape index (κ2) is 4.61. The minimum Gasteiger partial charge on any atom is -0.478 e. The van der Waals surface area contributed by atoms with Crippen LogP contribution in [0.2, 0.25) is 5.02 Å². The molecule has 0 saturated carbocycles. The van der Waals surface area contributed by atoms with Crippen molar-refractivity contribution in [1.82, 2.24) is 4.98 Å². The first kappa shape index (κ1) is 12.6. The molecule has 0 aliphatic heterocycles. The molecule has 0 unspecified atom stereocenters. The number of aromatic nitrogens is 1. The number of carboxylic acid groups (broad SMARTS) is 1. The SMILES string of the molecule is O=C(O)c1ccc(-c2nc3cc(Cl)c(F)cc3o2)cc1. The van der Waals surface area contributed by atoms with Crippen LogP contribution >= 0.6 is 11.6 Å². The van der Waals surface area contributed by atoms with Gasteiger partial charge in [0.15, 0.2) is 5.58 Å². The molecule has 100 valence electrons. The number of oxazole rings is 1. The molecule has 0 amide bonds. The van der Waals surface area contributed by atoms with Gasteiger partial charge in [0, 0.05) is 11.6 Å². The lowest BCUT2D eigenvalue weighted by molar-refractivity contribution is 0.0697. The minimum atomic E-state index is -1.01. The molecule has 20 heavy (non-hydrogen) atoms. The third-order valence-corrected chi connectivity index (χ3v) is 3.10. The zero-order valence-electron chi connectivity index (χ0n) is 9.93. The summed E-state index contributed by atoms with van der Waals surface area (Å²) in [6.07, 6.45) is 0. The monoisotopic (exact) mass is 291 g/mol. The first-order valence-corrected chi connectivity index (χ1v) is 6.02. The largest absolute Gasteiger partial charge is 0.478 e. The molecule has 1 aromatic heterocycles. The van der Waals surface area contributed by atoms with Crippen molar-refractivity contribution in [2.24, 2.45) is 0 Å². The molecule has 3 rings (SSSR count). The number of fused-ring (bicyclic) bond motifs is 1. The minimum absolute atomic E-state index is 0.0291. The first-order valence-electron chi connectivity index (χ1n) is 5.64. The van der Waals surface area contributed by atoms with Crippen molar-refractivity contribution in [3.63, 3.8) is 0 Å². The first-order chi connectivity index (χ1) is 9.54. The second-order valence-electron chi connectivity index (χ2n) is 4.14. The summed E-state index contributed by atoms with van der Waals surface area (Å²) in [5.74, 6) is -1.32. The van der Waals surface area contributed by atoms with Gasteiger partial charge in [-0.2, -0.15) is 0 Å². The number of benzene rings is 2. The predicted octanol–water partition coefficient (Wildman–Crippen LogP) is 3.99. The highest BCUT2D eigenvalue weighted by molar-refractivity contribution is 6.31. The van der Waals surface area contributed by atoms with Crippen LogP contribution in [-0.2, 0) is 0 Å². The van der Waals surface area contributed by atoms with E-state index in [2.05, 4.69) is 4.98 Å². The van der Waals surface area contributed by atoms with E-state index >= 15 is 0 Å². The Morgan fingerprint density at radius 3 is 2.60 bits per heavy atom. The summed E-state index contributed by atoms with van der Waals surface area (Å²) in [5.41, 5.74) is 1.49. The van der Waals surface area contributed by atoms with E-state index in [0.29, 0.717) is 11.1 Å². The lowest BCUT2D eigenvalue weighted by Gasteiger charge is -1.96. The van der Waals surface area contributed by atoms with Crippen molar-refractivity contribution in [3.8, 4) is 11.5 Å². The van der Waals surface area contributed by atoms with Gasteiger partial charge in [0.05, 0.1) is 10.6 Å². The molecular formula is C14H7ClFNO3. The van der Waals surface area contributed by atoms with E-state index < -0.39 is 11.8 Å². The van der Waals surface area contributed by atoms with Gasteiger partial charge < -0.3 is 9.52 Å². The molecule has 0 spiro atoms. The number of hydrogen-bond acceptors (Lipinski definition) is 3. The molecule has 0 bridgehead atoms. The summed E-state index contributed by atoms with van der Waals surface area (Å²) in [5, 5.41) is 8.80. The molecule has 0 atom stereocenters. The fraction of sp³-hybridized carbons (Fsp3) is 0. The van der Waals surface area contributed by atoms with E-state index in [1.165, 1.54) is 24.3 Å². The fourth-order valence-corrected chi connectivity index (χ4v) is 1.96. The van der Waals surface area contributed by atoms with Crippen LogP contribution in [0.25, 0.3) is 22.6 Å². The lowest BCUT2D eigenvalue weighted by atomic mass is 10.1. The van der Waals surface area contributed by atoms with E-state index in [1.54, 1.807) is 12.1 Å². The van der Waals surface area contributed by atoms with Gasteiger partial charge in [-0.15, -0.1) is 0 Å². The van der Waals surface area contributed by atoms with E-state index in [9.17, 15) is 9.18 Å². The predicted molar refractivity (Wildman–Crippen MR) is 71.4 cm³/mol. The van der Waals surface area contributed by atoms with Crippen LogP contribution in [-0.4, -0.2) is 16.1 Å². The van der Waals surface area contributed by atoms with Crippen molar-refractivity contribution in [2.45, 2.75) is 0 Å². The molecule has 0 radical (unpaired) electrons. The van der Waals surface area contributed by atoms with Gasteiger partial charge >= 0.3 is 5.97 Å². The van der Waals surface area contributed by atoms with Crippen molar-refractivity contribution in [2.75, 3.05) is 0 Å². The molecule has 4 nitrogen and oxygen atoms in total. The Morgan fingerprint density at radius 2 is 1.95 bits per heavy atom. The number of aromatic carboxylic acids is 1. The normalized spacial score (nSPS) is 10.9. The number of carboxylic acids is 1. The zero-order chi connectivity index (χ0) is 14.3. The van der Waals surface area contributed by atoms with Crippen LogP contribution in [0.4, 0.5) is 4.39 Å². The number of hydrogen-bond donors (Lipinski definition) is 1. The summed E-state index contributed by atoms with van der Waals surface area (Å²) in [6.45, 7) is 0. The van der Waals surface area contributed by atoms with Crippen LogP contribution in [0.5, 0.6) is 0 Å². The summed E-state index contributed by atoms with van der Waals surface area (Å²) >= 11 is 5.68. The van der Waals surface area contributed by atoms with Gasteiger partial charge in [0.1, 0.15) is 11.3 Å². The number of rotatable bonds is 2. The molecule has 3 aromatic rings. The smallest absolute Gasteiger partial charge is 0.335 e. The molecule has 0 aliphatic rings. The Bertz CT molecular complexity index is 772. The molecule has 1 heterocycles. The third-order valence-electron chi connectivity index (χ3n) is 2.81. The Hall–Kier alpha value is -2.40. The number of halogens is 2. The standard InChI is InChI=1S/C14H7ClFNO3/c15-9-5-11-12(6-10(9)16)20-13(17-11)7-1-3-8(4-2-7)14(18)19/h1-6H,(H,18,19). The van der Waals surface area contributed by atoms with Gasteiger partial charge in [-0.05, 0) is 30.3 Å². The van der Waals surface area contributed by atoms with Crippen molar-refractivity contribution in [1.29, 1.82) is 0 Å². The summed E-state index contributed by atoms with van der Waals surface area (Å²) in [7, 11) is 0. The van der Waals surface area contributed by atoms with Crippen molar-refractivity contribution in [3.05, 3.63) is 52.8 Å². The molecule has 2 aromatic carbocycles. The topological polar surface area (TPSA) is 63.3 Å². The van der Waals surface area contributed by atoms with Gasteiger partial charge in [0.25, 0.3) is 0 Å². The van der Waals surface area contributed by atoms with Gasteiger partial charge in [0.2, 0.25) is 5.89 Å². The lowest BCUT2D eigenvalue weighted by Crippen LogP contribution is -1.94. The van der Waals surface area contributed by atoms with E-state index in [1.807, 2.05) is 0 Å². The fourth-order valence-electron chi connectivity index (χ4n) is 1.80. The Morgan fingerprint density at radius 1 is 1.25 bits per heavy atom. The maximum Gasteiger partial charge on any atom is 0.335 e. The van der Waals surface area contributed by atoms with Crippen LogP contribution in [0.15, 0.2) is 40.8 Å². The van der Waals surface area contributed by atoms with Gasteiger partial charge in [-0.25, -0.2) is 14.2 Å². The van der Waals surface area contributed by atoms with Gasteiger partial charge in [-0.3, -0.25) is 0 Å². The average Bonchev–Trinajstić information content (AvgIpc) is 2.82. The highest BCUT2D eigenvalue weighted by Crippen LogP contribution is 2.28. The van der Waals surface area contributed by atoms with E-state index in [-0.39, 0.29) is 22.1 Å². The molecule has 6 heteroatoms. The van der Waals surface area contributed by atoms with Crippen molar-refractivity contribution >= 4 is 28.7 Å². The van der Waals surface area contributed by atoms with E-state index in [4.69, 9.17) is 21.1 Å². The Balaban J connectivity index is 2.07. The Labute approximate surface area is 117 Å². The highest BCUT2D eigenvalue weighted by Gasteiger charge is 2.12. The molecular weight excluding hydrogens is 285 g/mol. The zero-order valence-corrected chi connectivity index (χ0v) is 10.7. The number of nitrogens with zero attached hydrogens (tertiary/aromatic N) is 1. The average molecular weight is 292 g/mol. The molecule has 0 aliphatic carbocycles. The maximum absolute atomic E-state index is 13.3. The quantitative estimate of drug-likeness (QED) is 0.775. The van der Waals surface area contributed by atoms with E-state index in [0.717, 1.165) is 0 Å².